The molecule has 1 aliphatic rings. The second-order valence-electron chi connectivity index (χ2n) is 3.69. The summed E-state index contributed by atoms with van der Waals surface area (Å²) >= 11 is 0. The molecular weight excluding hydrogens is 249 g/mol. The lowest BCUT2D eigenvalue weighted by Crippen LogP contribution is -2.33. The van der Waals surface area contributed by atoms with E-state index in [0.29, 0.717) is 5.92 Å². The summed E-state index contributed by atoms with van der Waals surface area (Å²) in [5.74, 6) is 0.374. The Kier molecular flexibility index (Phi) is 4.19. The second kappa shape index (κ2) is 4.89. The van der Waals surface area contributed by atoms with Gasteiger partial charge >= 0.3 is 15.6 Å². The zero-order chi connectivity index (χ0) is 12.4. The molecule has 2 unspecified atom stereocenters. The van der Waals surface area contributed by atoms with Gasteiger partial charge in [-0.3, -0.25) is 4.18 Å². The molecule has 0 heterocycles. The zero-order valence-corrected chi connectivity index (χ0v) is 9.47. The normalized spacial score (nSPS) is 26.5. The van der Waals surface area contributed by atoms with Gasteiger partial charge in [0.15, 0.2) is 0 Å². The molecule has 1 saturated carbocycles. The summed E-state index contributed by atoms with van der Waals surface area (Å²) in [5, 5.41) is 0. The highest BCUT2D eigenvalue weighted by Crippen LogP contribution is 2.29. The lowest BCUT2D eigenvalue weighted by atomic mass is 9.84. The summed E-state index contributed by atoms with van der Waals surface area (Å²) in [6.07, 6.45) is 1.89. The Morgan fingerprint density at radius 1 is 1.25 bits per heavy atom. The molecule has 1 fully saturated rings. The first kappa shape index (κ1) is 13.7. The van der Waals surface area contributed by atoms with Gasteiger partial charge in [0.2, 0.25) is 0 Å². The molecule has 0 N–H and O–H groups in total. The lowest BCUT2D eigenvalue weighted by Gasteiger charge is -2.33. The van der Waals surface area contributed by atoms with E-state index in [1.165, 1.54) is 0 Å². The molecule has 2 atom stereocenters. The Bertz CT molecular complexity index is 325. The Morgan fingerprint density at radius 3 is 2.25 bits per heavy atom. The third-order valence-electron chi connectivity index (χ3n) is 2.48. The molecule has 0 aromatic rings. The van der Waals surface area contributed by atoms with Crippen molar-refractivity contribution < 1.29 is 30.5 Å². The SMILES string of the molecule is CC1CCC1OCCOS(=O)(=O)C(F)(F)F. The highest BCUT2D eigenvalue weighted by Gasteiger charge is 2.47. The first-order valence-electron chi connectivity index (χ1n) is 4.81. The summed E-state index contributed by atoms with van der Waals surface area (Å²) in [4.78, 5) is 0. The fourth-order valence-corrected chi connectivity index (χ4v) is 1.71. The van der Waals surface area contributed by atoms with Gasteiger partial charge in [0.05, 0.1) is 19.3 Å². The molecule has 16 heavy (non-hydrogen) atoms. The topological polar surface area (TPSA) is 52.6 Å². The van der Waals surface area contributed by atoms with Crippen LogP contribution in [0.1, 0.15) is 19.8 Å². The molecule has 0 radical (unpaired) electrons. The van der Waals surface area contributed by atoms with Crippen molar-refractivity contribution in [3.63, 3.8) is 0 Å². The van der Waals surface area contributed by atoms with Crippen LogP contribution in [0.5, 0.6) is 0 Å². The minimum absolute atomic E-state index is 0.0113. The maximum atomic E-state index is 11.8. The summed E-state index contributed by atoms with van der Waals surface area (Å²) in [6.45, 7) is 1.21. The smallest absolute Gasteiger partial charge is 0.375 e. The van der Waals surface area contributed by atoms with Gasteiger partial charge in [-0.2, -0.15) is 21.6 Å². The third kappa shape index (κ3) is 3.33. The quantitative estimate of drug-likeness (QED) is 0.429. The van der Waals surface area contributed by atoms with Gasteiger partial charge in [0.25, 0.3) is 0 Å². The molecule has 96 valence electrons. The standard InChI is InChI=1S/C8H13F3O4S/c1-6-2-3-7(6)14-4-5-15-16(12,13)8(9,10)11/h6-7H,2-5H2,1H3. The number of halogens is 3. The predicted molar refractivity (Wildman–Crippen MR) is 49.1 cm³/mol. The fourth-order valence-electron chi connectivity index (χ4n) is 1.29. The minimum atomic E-state index is -5.48. The van der Waals surface area contributed by atoms with Crippen LogP contribution in [0.4, 0.5) is 13.2 Å². The molecule has 0 spiro atoms. The van der Waals surface area contributed by atoms with Crippen LogP contribution in [0.3, 0.4) is 0 Å². The number of hydrogen-bond donors (Lipinski definition) is 0. The Morgan fingerprint density at radius 2 is 1.88 bits per heavy atom. The van der Waals surface area contributed by atoms with Crippen LogP contribution in [0.25, 0.3) is 0 Å². The minimum Gasteiger partial charge on any atom is -0.375 e. The number of ether oxygens (including phenoxy) is 1. The average Bonchev–Trinajstić information content (AvgIpc) is 2.13. The average molecular weight is 262 g/mol. The van der Waals surface area contributed by atoms with Crippen molar-refractivity contribution in [2.75, 3.05) is 13.2 Å². The van der Waals surface area contributed by atoms with Crippen LogP contribution in [0.2, 0.25) is 0 Å². The van der Waals surface area contributed by atoms with Crippen LogP contribution >= 0.6 is 0 Å². The van der Waals surface area contributed by atoms with Gasteiger partial charge in [-0.25, -0.2) is 0 Å². The van der Waals surface area contributed by atoms with Gasteiger partial charge < -0.3 is 4.74 Å². The van der Waals surface area contributed by atoms with E-state index in [0.717, 1.165) is 12.8 Å². The van der Waals surface area contributed by atoms with E-state index in [4.69, 9.17) is 4.74 Å². The summed E-state index contributed by atoms with van der Waals surface area (Å²) in [7, 11) is -5.48. The van der Waals surface area contributed by atoms with Crippen LogP contribution in [0.15, 0.2) is 0 Å². The van der Waals surface area contributed by atoms with Crippen LogP contribution in [-0.2, 0) is 19.0 Å². The Hall–Kier alpha value is -0.340. The summed E-state index contributed by atoms with van der Waals surface area (Å²) < 4.78 is 65.2. The van der Waals surface area contributed by atoms with Crippen molar-refractivity contribution in [2.24, 2.45) is 5.92 Å². The molecule has 0 aliphatic heterocycles. The van der Waals surface area contributed by atoms with Gasteiger partial charge in [0, 0.05) is 0 Å². The molecule has 1 rings (SSSR count). The maximum absolute atomic E-state index is 11.8. The maximum Gasteiger partial charge on any atom is 0.523 e. The van der Waals surface area contributed by atoms with E-state index in [1.807, 2.05) is 6.92 Å². The Labute approximate surface area is 91.8 Å². The largest absolute Gasteiger partial charge is 0.523 e. The molecule has 0 amide bonds. The lowest BCUT2D eigenvalue weighted by molar-refractivity contribution is -0.0647. The Balaban J connectivity index is 2.20. The highest BCUT2D eigenvalue weighted by molar-refractivity contribution is 7.87. The van der Waals surface area contributed by atoms with E-state index in [1.54, 1.807) is 0 Å². The van der Waals surface area contributed by atoms with E-state index in [2.05, 4.69) is 4.18 Å². The molecule has 8 heteroatoms. The second-order valence-corrected chi connectivity index (χ2v) is 5.29. The van der Waals surface area contributed by atoms with Crippen molar-refractivity contribution in [2.45, 2.75) is 31.4 Å². The molecule has 1 aliphatic carbocycles. The van der Waals surface area contributed by atoms with Gasteiger partial charge in [-0.15, -0.1) is 0 Å². The van der Waals surface area contributed by atoms with Crippen LogP contribution in [0, 0.1) is 5.92 Å². The van der Waals surface area contributed by atoms with E-state index >= 15 is 0 Å². The van der Waals surface area contributed by atoms with Crippen molar-refractivity contribution in [1.82, 2.24) is 0 Å². The van der Waals surface area contributed by atoms with Gasteiger partial charge in [-0.05, 0) is 18.8 Å². The van der Waals surface area contributed by atoms with Crippen molar-refractivity contribution >= 4 is 10.1 Å². The first-order chi connectivity index (χ1) is 7.24. The molecule has 0 aromatic carbocycles. The highest BCUT2D eigenvalue weighted by atomic mass is 32.2. The van der Waals surface area contributed by atoms with Crippen LogP contribution < -0.4 is 0 Å². The number of rotatable bonds is 5. The van der Waals surface area contributed by atoms with Crippen LogP contribution in [-0.4, -0.2) is 33.2 Å². The molecule has 0 aromatic heterocycles. The van der Waals surface area contributed by atoms with Crippen molar-refractivity contribution in [1.29, 1.82) is 0 Å². The molecular formula is C8H13F3O4S. The predicted octanol–water partition coefficient (Wildman–Crippen LogP) is 1.67. The zero-order valence-electron chi connectivity index (χ0n) is 8.66. The molecule has 0 bridgehead atoms. The summed E-state index contributed by atoms with van der Waals surface area (Å²) in [5.41, 5.74) is -5.36. The van der Waals surface area contributed by atoms with Crippen molar-refractivity contribution in [3.8, 4) is 0 Å². The van der Waals surface area contributed by atoms with E-state index in [9.17, 15) is 21.6 Å². The van der Waals surface area contributed by atoms with E-state index < -0.39 is 22.2 Å². The molecule has 0 saturated heterocycles. The monoisotopic (exact) mass is 262 g/mol. The first-order valence-corrected chi connectivity index (χ1v) is 6.22. The van der Waals surface area contributed by atoms with Crippen molar-refractivity contribution in [3.05, 3.63) is 0 Å². The number of alkyl halides is 3. The van der Waals surface area contributed by atoms with E-state index in [-0.39, 0.29) is 12.7 Å². The van der Waals surface area contributed by atoms with Gasteiger partial charge in [-0.1, -0.05) is 6.92 Å². The number of hydrogen-bond acceptors (Lipinski definition) is 4. The van der Waals surface area contributed by atoms with Gasteiger partial charge in [0.1, 0.15) is 0 Å². The third-order valence-corrected chi connectivity index (χ3v) is 3.52. The summed E-state index contributed by atoms with van der Waals surface area (Å²) in [6, 6.07) is 0. The molecule has 4 nitrogen and oxygen atoms in total. The fraction of sp³-hybridized carbons (Fsp3) is 1.00.